The lowest BCUT2D eigenvalue weighted by Crippen LogP contribution is -2.19. The molecule has 0 aliphatic carbocycles. The Morgan fingerprint density at radius 3 is 2.28 bits per heavy atom. The van der Waals surface area contributed by atoms with E-state index in [4.69, 9.17) is 0 Å². The number of hydrogen-bond donors (Lipinski definition) is 1. The van der Waals surface area contributed by atoms with Crippen LogP contribution in [-0.4, -0.2) is 15.8 Å². The van der Waals surface area contributed by atoms with Gasteiger partial charge in [-0.2, -0.15) is 0 Å². The van der Waals surface area contributed by atoms with Gasteiger partial charge in [0.2, 0.25) is 0 Å². The molecule has 0 fully saturated rings. The average molecular weight is 385 g/mol. The van der Waals surface area contributed by atoms with Crippen molar-refractivity contribution in [3.8, 4) is 11.8 Å². The Kier molecular flexibility index (Phi) is 7.41. The first-order valence-corrected chi connectivity index (χ1v) is 10.3. The van der Waals surface area contributed by atoms with E-state index >= 15 is 0 Å². The normalized spacial score (nSPS) is 11.5. The van der Waals surface area contributed by atoms with Gasteiger partial charge in [0, 0.05) is 36.1 Å². The third-order valence-corrected chi connectivity index (χ3v) is 5.11. The van der Waals surface area contributed by atoms with E-state index in [9.17, 15) is 4.79 Å². The van der Waals surface area contributed by atoms with Gasteiger partial charge in [-0.3, -0.25) is 4.79 Å². The fourth-order valence-corrected chi connectivity index (χ4v) is 3.32. The SMILES string of the molecule is CCCCC(Cc1c[nH]cn1)C(=O)Cc1ccc(C#Cc2ccc(C)cc2)cc1. The number of carbonyl (C=O) groups is 1. The Labute approximate surface area is 173 Å². The summed E-state index contributed by atoms with van der Waals surface area (Å²) in [6.07, 6.45) is 7.81. The number of H-pyrrole nitrogens is 1. The summed E-state index contributed by atoms with van der Waals surface area (Å²) in [6, 6.07) is 16.2. The van der Waals surface area contributed by atoms with E-state index < -0.39 is 0 Å². The first-order chi connectivity index (χ1) is 14.1. The minimum Gasteiger partial charge on any atom is -0.351 e. The Morgan fingerprint density at radius 1 is 1.03 bits per heavy atom. The van der Waals surface area contributed by atoms with Gasteiger partial charge in [-0.25, -0.2) is 4.98 Å². The molecule has 3 aromatic rings. The highest BCUT2D eigenvalue weighted by molar-refractivity contribution is 5.83. The molecule has 1 heterocycles. The molecule has 1 atom stereocenters. The first kappa shape index (κ1) is 20.6. The molecule has 0 bridgehead atoms. The molecule has 0 aliphatic heterocycles. The van der Waals surface area contributed by atoms with Crippen LogP contribution < -0.4 is 0 Å². The van der Waals surface area contributed by atoms with Gasteiger partial charge in [0.1, 0.15) is 5.78 Å². The summed E-state index contributed by atoms with van der Waals surface area (Å²) >= 11 is 0. The van der Waals surface area contributed by atoms with Crippen LogP contribution in [0.2, 0.25) is 0 Å². The van der Waals surface area contributed by atoms with Crippen LogP contribution in [0.4, 0.5) is 0 Å². The smallest absolute Gasteiger partial charge is 0.140 e. The molecule has 0 amide bonds. The number of aryl methyl sites for hydroxylation is 1. The van der Waals surface area contributed by atoms with E-state index in [2.05, 4.69) is 47.8 Å². The van der Waals surface area contributed by atoms with Crippen LogP contribution >= 0.6 is 0 Å². The lowest BCUT2D eigenvalue weighted by atomic mass is 9.89. The maximum Gasteiger partial charge on any atom is 0.140 e. The number of imidazole rings is 1. The van der Waals surface area contributed by atoms with Gasteiger partial charge >= 0.3 is 0 Å². The van der Waals surface area contributed by atoms with Crippen LogP contribution in [0.1, 0.15) is 54.1 Å². The Hall–Kier alpha value is -3.12. The standard InChI is InChI=1S/C26H28N2O/c1-3-4-5-24(17-25-18-27-19-28-25)26(29)16-23-14-12-22(13-15-23)11-10-21-8-6-20(2)7-9-21/h6-9,12-15,18-19,24H,3-5,16-17H2,1-2H3,(H,27,28). The summed E-state index contributed by atoms with van der Waals surface area (Å²) in [5.41, 5.74) is 5.20. The molecule has 3 nitrogen and oxygen atoms in total. The van der Waals surface area contributed by atoms with Gasteiger partial charge in [-0.05, 0) is 43.2 Å². The molecular weight excluding hydrogens is 356 g/mol. The second kappa shape index (κ2) is 10.4. The molecule has 1 N–H and O–H groups in total. The van der Waals surface area contributed by atoms with Gasteiger partial charge in [0.05, 0.1) is 12.0 Å². The zero-order chi connectivity index (χ0) is 20.5. The molecule has 148 valence electrons. The van der Waals surface area contributed by atoms with Gasteiger partial charge in [0.15, 0.2) is 0 Å². The molecule has 0 radical (unpaired) electrons. The van der Waals surface area contributed by atoms with Gasteiger partial charge in [-0.15, -0.1) is 0 Å². The number of ketones is 1. The van der Waals surface area contributed by atoms with Crippen LogP contribution in [0, 0.1) is 24.7 Å². The van der Waals surface area contributed by atoms with Crippen molar-refractivity contribution in [1.82, 2.24) is 9.97 Å². The summed E-state index contributed by atoms with van der Waals surface area (Å²) in [6.45, 7) is 4.23. The molecule has 0 spiro atoms. The summed E-state index contributed by atoms with van der Waals surface area (Å²) < 4.78 is 0. The number of benzene rings is 2. The van der Waals surface area contributed by atoms with Crippen molar-refractivity contribution in [3.05, 3.63) is 89.0 Å². The highest BCUT2D eigenvalue weighted by Crippen LogP contribution is 2.18. The predicted octanol–water partition coefficient (Wildman–Crippen LogP) is 5.28. The first-order valence-electron chi connectivity index (χ1n) is 10.3. The quantitative estimate of drug-likeness (QED) is 0.537. The van der Waals surface area contributed by atoms with Crippen molar-refractivity contribution in [2.75, 3.05) is 0 Å². The highest BCUT2D eigenvalue weighted by atomic mass is 16.1. The molecule has 1 aromatic heterocycles. The highest BCUT2D eigenvalue weighted by Gasteiger charge is 2.19. The molecule has 0 aliphatic rings. The maximum atomic E-state index is 12.9. The molecule has 1 unspecified atom stereocenters. The number of Topliss-reactive ketones (excluding diaryl/α,β-unsaturated/α-hetero) is 1. The predicted molar refractivity (Wildman–Crippen MR) is 118 cm³/mol. The number of unbranched alkanes of at least 4 members (excludes halogenated alkanes) is 1. The van der Waals surface area contributed by atoms with Crippen molar-refractivity contribution in [3.63, 3.8) is 0 Å². The van der Waals surface area contributed by atoms with Gasteiger partial charge in [-0.1, -0.05) is 61.4 Å². The number of aromatic amines is 1. The lowest BCUT2D eigenvalue weighted by Gasteiger charge is -2.14. The van der Waals surface area contributed by atoms with Gasteiger partial charge in [0.25, 0.3) is 0 Å². The number of nitrogens with one attached hydrogen (secondary N) is 1. The van der Waals surface area contributed by atoms with E-state index in [1.54, 1.807) is 6.33 Å². The molecule has 3 rings (SSSR count). The number of hydrogen-bond acceptors (Lipinski definition) is 2. The molecule has 0 saturated carbocycles. The number of carbonyl (C=O) groups excluding carboxylic acids is 1. The summed E-state index contributed by atoms with van der Waals surface area (Å²) in [5, 5.41) is 0. The number of aromatic nitrogens is 2. The summed E-state index contributed by atoms with van der Waals surface area (Å²) in [4.78, 5) is 20.2. The molecule has 0 saturated heterocycles. The fraction of sp³-hybridized carbons (Fsp3) is 0.308. The molecule has 3 heteroatoms. The van der Waals surface area contributed by atoms with Crippen LogP contribution in [0.5, 0.6) is 0 Å². The zero-order valence-corrected chi connectivity index (χ0v) is 17.2. The monoisotopic (exact) mass is 384 g/mol. The minimum atomic E-state index is 0.0271. The Morgan fingerprint density at radius 2 is 1.69 bits per heavy atom. The second-order valence-electron chi connectivity index (χ2n) is 7.56. The summed E-state index contributed by atoms with van der Waals surface area (Å²) in [5.74, 6) is 6.70. The van der Waals surface area contributed by atoms with E-state index in [-0.39, 0.29) is 5.92 Å². The van der Waals surface area contributed by atoms with Crippen LogP contribution in [0.3, 0.4) is 0 Å². The maximum absolute atomic E-state index is 12.9. The minimum absolute atomic E-state index is 0.0271. The van der Waals surface area contributed by atoms with E-state index in [1.807, 2.05) is 42.6 Å². The average Bonchev–Trinajstić information content (AvgIpc) is 3.25. The van der Waals surface area contributed by atoms with Crippen molar-refractivity contribution in [1.29, 1.82) is 0 Å². The third kappa shape index (κ3) is 6.47. The zero-order valence-electron chi connectivity index (χ0n) is 17.2. The Bertz CT molecular complexity index is 958. The van der Waals surface area contributed by atoms with Crippen molar-refractivity contribution < 1.29 is 4.79 Å². The van der Waals surface area contributed by atoms with Crippen LogP contribution in [0.15, 0.2) is 61.1 Å². The van der Waals surface area contributed by atoms with Gasteiger partial charge < -0.3 is 4.98 Å². The Balaban J connectivity index is 1.62. The summed E-state index contributed by atoms with van der Waals surface area (Å²) in [7, 11) is 0. The fourth-order valence-electron chi connectivity index (χ4n) is 3.32. The third-order valence-electron chi connectivity index (χ3n) is 5.11. The molecule has 29 heavy (non-hydrogen) atoms. The van der Waals surface area contributed by atoms with E-state index in [0.29, 0.717) is 18.6 Å². The lowest BCUT2D eigenvalue weighted by molar-refractivity contribution is -0.122. The topological polar surface area (TPSA) is 45.8 Å². The molecular formula is C26H28N2O. The van der Waals surface area contributed by atoms with Crippen LogP contribution in [0.25, 0.3) is 0 Å². The second-order valence-corrected chi connectivity index (χ2v) is 7.56. The van der Waals surface area contributed by atoms with Crippen LogP contribution in [-0.2, 0) is 17.6 Å². The van der Waals surface area contributed by atoms with Crippen molar-refractivity contribution in [2.45, 2.75) is 46.0 Å². The molecule has 2 aromatic carbocycles. The van der Waals surface area contributed by atoms with Crippen molar-refractivity contribution >= 4 is 5.78 Å². The largest absolute Gasteiger partial charge is 0.351 e. The van der Waals surface area contributed by atoms with Crippen molar-refractivity contribution in [2.24, 2.45) is 5.92 Å². The van der Waals surface area contributed by atoms with E-state index in [1.165, 1.54) is 5.56 Å². The number of nitrogens with zero attached hydrogens (tertiary/aromatic N) is 1. The number of rotatable bonds is 8. The van der Waals surface area contributed by atoms with E-state index in [0.717, 1.165) is 41.6 Å².